The second-order valence-corrected chi connectivity index (χ2v) is 8.61. The third-order valence-electron chi connectivity index (χ3n) is 5.46. The normalized spacial score (nSPS) is 15.9. The number of nitrogens with zero attached hydrogens (tertiary/aromatic N) is 2. The second-order valence-electron chi connectivity index (χ2n) is 8.61. The third-order valence-corrected chi connectivity index (χ3v) is 5.46. The van der Waals surface area contributed by atoms with Crippen LogP contribution in [0.25, 0.3) is 0 Å². The summed E-state index contributed by atoms with van der Waals surface area (Å²) in [5.74, 6) is -1.05. The molecule has 1 aliphatic carbocycles. The van der Waals surface area contributed by atoms with Crippen molar-refractivity contribution in [1.29, 1.82) is 0 Å². The SMILES string of the molecule is Cn1c(C(=O)NCc2cccnc2OCC(F)(F)F)c2c(c1C(F)(F)F)CC(C)(C)CC2. The molecule has 176 valence electrons. The first-order valence-electron chi connectivity index (χ1n) is 9.89. The number of carbonyl (C=O) groups excluding carboxylic acids is 1. The Morgan fingerprint density at radius 3 is 2.53 bits per heavy atom. The van der Waals surface area contributed by atoms with Gasteiger partial charge in [0.25, 0.3) is 5.91 Å². The number of amides is 1. The van der Waals surface area contributed by atoms with Crippen LogP contribution in [0.5, 0.6) is 5.88 Å². The van der Waals surface area contributed by atoms with E-state index in [2.05, 4.69) is 15.0 Å². The molecule has 0 radical (unpaired) electrons. The van der Waals surface area contributed by atoms with Crippen molar-refractivity contribution in [2.45, 2.75) is 52.0 Å². The first-order valence-corrected chi connectivity index (χ1v) is 9.89. The molecule has 0 bridgehead atoms. The number of nitrogens with one attached hydrogen (secondary N) is 1. The second kappa shape index (κ2) is 8.32. The van der Waals surface area contributed by atoms with E-state index in [0.29, 0.717) is 18.4 Å². The molecule has 0 aliphatic heterocycles. The number of hydrogen-bond acceptors (Lipinski definition) is 3. The topological polar surface area (TPSA) is 56.2 Å². The standard InChI is InChI=1S/C21H23F6N3O2/c1-19(2)7-6-13-14(9-19)16(21(25,26)27)30(3)15(13)17(31)29-10-12-5-4-8-28-18(12)32-11-20(22,23)24/h4-5,8H,6-7,9-11H2,1-3H3,(H,29,31). The van der Waals surface area contributed by atoms with E-state index in [1.54, 1.807) is 0 Å². The molecule has 1 aliphatic rings. The van der Waals surface area contributed by atoms with Crippen LogP contribution < -0.4 is 10.1 Å². The van der Waals surface area contributed by atoms with Gasteiger partial charge in [0, 0.05) is 25.4 Å². The molecule has 3 rings (SSSR count). The van der Waals surface area contributed by atoms with Crippen molar-refractivity contribution in [1.82, 2.24) is 14.9 Å². The van der Waals surface area contributed by atoms with E-state index in [0.717, 1.165) is 4.57 Å². The molecule has 0 unspecified atom stereocenters. The predicted molar refractivity (Wildman–Crippen MR) is 103 cm³/mol. The lowest BCUT2D eigenvalue weighted by molar-refractivity contribution is -0.154. The van der Waals surface area contributed by atoms with Crippen molar-refractivity contribution in [2.24, 2.45) is 12.5 Å². The van der Waals surface area contributed by atoms with Gasteiger partial charge in [-0.25, -0.2) is 4.98 Å². The summed E-state index contributed by atoms with van der Waals surface area (Å²) in [5.41, 5.74) is -0.619. The molecule has 11 heteroatoms. The fourth-order valence-corrected chi connectivity index (χ4v) is 4.04. The molecular weight excluding hydrogens is 440 g/mol. The van der Waals surface area contributed by atoms with Crippen molar-refractivity contribution in [3.8, 4) is 5.88 Å². The molecule has 0 spiro atoms. The maximum Gasteiger partial charge on any atom is 0.431 e. The highest BCUT2D eigenvalue weighted by Crippen LogP contribution is 2.44. The lowest BCUT2D eigenvalue weighted by Gasteiger charge is -2.30. The van der Waals surface area contributed by atoms with Gasteiger partial charge in [0.05, 0.1) is 0 Å². The summed E-state index contributed by atoms with van der Waals surface area (Å²) >= 11 is 0. The summed E-state index contributed by atoms with van der Waals surface area (Å²) in [7, 11) is 1.20. The van der Waals surface area contributed by atoms with Gasteiger partial charge in [-0.2, -0.15) is 26.3 Å². The number of hydrogen-bond donors (Lipinski definition) is 1. The summed E-state index contributed by atoms with van der Waals surface area (Å²) in [4.78, 5) is 16.6. The van der Waals surface area contributed by atoms with Crippen LogP contribution in [0.1, 0.15) is 53.1 Å². The molecular formula is C21H23F6N3O2. The van der Waals surface area contributed by atoms with E-state index in [4.69, 9.17) is 0 Å². The Kier molecular flexibility index (Phi) is 6.23. The Morgan fingerprint density at radius 1 is 1.22 bits per heavy atom. The largest absolute Gasteiger partial charge is 0.468 e. The smallest absolute Gasteiger partial charge is 0.431 e. The zero-order valence-electron chi connectivity index (χ0n) is 17.7. The molecule has 0 saturated heterocycles. The van der Waals surface area contributed by atoms with Crippen LogP contribution in [0.3, 0.4) is 0 Å². The number of ether oxygens (including phenoxy) is 1. The van der Waals surface area contributed by atoms with E-state index < -0.39 is 30.6 Å². The highest BCUT2D eigenvalue weighted by molar-refractivity contribution is 5.95. The van der Waals surface area contributed by atoms with E-state index in [9.17, 15) is 31.1 Å². The Hall–Kier alpha value is -2.72. The van der Waals surface area contributed by atoms with Gasteiger partial charge in [-0.1, -0.05) is 19.9 Å². The average molecular weight is 463 g/mol. The minimum atomic E-state index is -4.63. The van der Waals surface area contributed by atoms with E-state index in [1.165, 1.54) is 25.4 Å². The Labute approximate surface area is 180 Å². The van der Waals surface area contributed by atoms with Crippen LogP contribution in [0.4, 0.5) is 26.3 Å². The predicted octanol–water partition coefficient (Wildman–Crippen LogP) is 4.82. The molecule has 0 aromatic carbocycles. The van der Waals surface area contributed by atoms with Crippen LogP contribution in [0.15, 0.2) is 18.3 Å². The maximum atomic E-state index is 13.8. The van der Waals surface area contributed by atoms with E-state index in [1.807, 2.05) is 13.8 Å². The summed E-state index contributed by atoms with van der Waals surface area (Å²) < 4.78 is 84.2. The minimum absolute atomic E-state index is 0.0931. The highest BCUT2D eigenvalue weighted by Gasteiger charge is 2.43. The molecule has 2 heterocycles. The number of alkyl halides is 6. The van der Waals surface area contributed by atoms with Gasteiger partial charge < -0.3 is 14.6 Å². The van der Waals surface area contributed by atoms with Crippen molar-refractivity contribution in [3.63, 3.8) is 0 Å². The van der Waals surface area contributed by atoms with Gasteiger partial charge in [0.1, 0.15) is 11.4 Å². The van der Waals surface area contributed by atoms with Crippen LogP contribution in [-0.2, 0) is 32.6 Å². The summed E-state index contributed by atoms with van der Waals surface area (Å²) in [6.45, 7) is 1.95. The van der Waals surface area contributed by atoms with Crippen molar-refractivity contribution in [2.75, 3.05) is 6.61 Å². The lowest BCUT2D eigenvalue weighted by atomic mass is 9.74. The first kappa shape index (κ1) is 23.9. The molecule has 0 fully saturated rings. The van der Waals surface area contributed by atoms with Gasteiger partial charge in [-0.15, -0.1) is 0 Å². The number of rotatable bonds is 5. The number of aromatic nitrogens is 2. The van der Waals surface area contributed by atoms with E-state index >= 15 is 0 Å². The molecule has 2 aromatic rings. The molecule has 1 N–H and O–H groups in total. The van der Waals surface area contributed by atoms with Gasteiger partial charge in [-0.05, 0) is 41.9 Å². The van der Waals surface area contributed by atoms with Gasteiger partial charge in [-0.3, -0.25) is 4.79 Å². The zero-order valence-corrected chi connectivity index (χ0v) is 17.7. The van der Waals surface area contributed by atoms with Crippen LogP contribution in [-0.4, -0.2) is 28.2 Å². The van der Waals surface area contributed by atoms with Crippen LogP contribution in [0, 0.1) is 5.41 Å². The van der Waals surface area contributed by atoms with Crippen molar-refractivity contribution < 1.29 is 35.9 Å². The molecule has 0 saturated carbocycles. The molecule has 1 amide bonds. The van der Waals surface area contributed by atoms with Crippen LogP contribution >= 0.6 is 0 Å². The monoisotopic (exact) mass is 463 g/mol. The number of halogens is 6. The average Bonchev–Trinajstić information content (AvgIpc) is 2.94. The van der Waals surface area contributed by atoms with E-state index in [-0.39, 0.29) is 41.1 Å². The number of fused-ring (bicyclic) bond motifs is 1. The molecule has 5 nitrogen and oxygen atoms in total. The number of pyridine rings is 1. The third kappa shape index (κ3) is 5.18. The zero-order chi connectivity index (χ0) is 23.9. The summed E-state index contributed by atoms with van der Waals surface area (Å²) in [6, 6.07) is 2.87. The molecule has 2 aromatic heterocycles. The fraction of sp³-hybridized carbons (Fsp3) is 0.524. The fourth-order valence-electron chi connectivity index (χ4n) is 4.04. The van der Waals surface area contributed by atoms with Crippen LogP contribution in [0.2, 0.25) is 0 Å². The lowest BCUT2D eigenvalue weighted by Crippen LogP contribution is -2.28. The highest BCUT2D eigenvalue weighted by atomic mass is 19.4. The van der Waals surface area contributed by atoms with Gasteiger partial charge in [0.2, 0.25) is 5.88 Å². The van der Waals surface area contributed by atoms with Crippen molar-refractivity contribution >= 4 is 5.91 Å². The first-order chi connectivity index (χ1) is 14.7. The Balaban J connectivity index is 1.87. The van der Waals surface area contributed by atoms with Gasteiger partial charge in [0.15, 0.2) is 6.61 Å². The molecule has 0 atom stereocenters. The minimum Gasteiger partial charge on any atom is -0.468 e. The van der Waals surface area contributed by atoms with Gasteiger partial charge >= 0.3 is 12.4 Å². The summed E-state index contributed by atoms with van der Waals surface area (Å²) in [6.07, 6.45) is -6.82. The Morgan fingerprint density at radius 2 is 1.91 bits per heavy atom. The summed E-state index contributed by atoms with van der Waals surface area (Å²) in [5, 5.41) is 2.50. The van der Waals surface area contributed by atoms with Crippen molar-refractivity contribution in [3.05, 3.63) is 46.4 Å². The quantitative estimate of drug-likeness (QED) is 0.647. The molecule has 32 heavy (non-hydrogen) atoms. The number of carbonyl (C=O) groups is 1. The Bertz CT molecular complexity index is 1010. The maximum absolute atomic E-state index is 13.8.